The van der Waals surface area contributed by atoms with Crippen LogP contribution in [0.5, 0.6) is 0 Å². The molecule has 4 rings (SSSR count). The minimum absolute atomic E-state index is 0. The Labute approximate surface area is 230 Å². The molecule has 1 aromatic heterocycles. The van der Waals surface area contributed by atoms with Gasteiger partial charge in [-0.3, -0.25) is 4.79 Å². The van der Waals surface area contributed by atoms with Gasteiger partial charge in [0.05, 0.1) is 17.7 Å². The van der Waals surface area contributed by atoms with Crippen LogP contribution in [0, 0.1) is 13.8 Å². The molecule has 35 heavy (non-hydrogen) atoms. The van der Waals surface area contributed by atoms with Crippen LogP contribution in [0.3, 0.4) is 0 Å². The number of benzene rings is 3. The fourth-order valence-corrected chi connectivity index (χ4v) is 4.36. The number of Topliss-reactive ketones (excluding diaryl/α,β-unsaturated/α-hetero) is 1. The van der Waals surface area contributed by atoms with E-state index in [0.29, 0.717) is 22.2 Å². The van der Waals surface area contributed by atoms with Crippen molar-refractivity contribution in [3.8, 4) is 0 Å². The summed E-state index contributed by atoms with van der Waals surface area (Å²) in [4.78, 5) is 28.2. The quantitative estimate of drug-likeness (QED) is 0.217. The van der Waals surface area contributed by atoms with E-state index >= 15 is 0 Å². The Kier molecular flexibility index (Phi) is 8.61. The number of aromatic nitrogens is 2. The number of hydrogen-bond acceptors (Lipinski definition) is 7. The Hall–Kier alpha value is -2.84. The number of rotatable bonds is 7. The number of carboxylic acids is 1. The van der Waals surface area contributed by atoms with E-state index < -0.39 is 5.97 Å². The SMILES string of the molecule is Cc1ccc(C(=O)C(Cc2cccc(N(C)C)c2)=C(C(=O)[O-])c2ccc3nsnc3c2)cc1C.[Na+]. The predicted molar refractivity (Wildman–Crippen MR) is 134 cm³/mol. The maximum absolute atomic E-state index is 13.8. The van der Waals surface area contributed by atoms with E-state index in [9.17, 15) is 14.7 Å². The van der Waals surface area contributed by atoms with Gasteiger partial charge in [-0.25, -0.2) is 0 Å². The molecule has 0 aliphatic carbocycles. The number of aliphatic carboxylic acids is 1. The molecular weight excluding hydrogens is 469 g/mol. The number of ketones is 1. The number of aryl methyl sites for hydroxylation is 2. The number of nitrogens with zero attached hydrogens (tertiary/aromatic N) is 3. The zero-order valence-corrected chi connectivity index (χ0v) is 23.3. The van der Waals surface area contributed by atoms with Gasteiger partial charge in [-0.15, -0.1) is 0 Å². The Bertz CT molecular complexity index is 1440. The van der Waals surface area contributed by atoms with E-state index in [1.165, 1.54) is 0 Å². The van der Waals surface area contributed by atoms with Gasteiger partial charge < -0.3 is 14.8 Å². The standard InChI is InChI=1S/C27H25N3O3S.Na/c1-16-8-9-20(12-17(16)2)26(31)22(14-18-6-5-7-21(13-18)30(3)4)25(27(32)33)19-10-11-23-24(15-19)29-34-28-23;/h5-13,15H,14H2,1-4H3,(H,32,33);/q;+1/p-1. The maximum Gasteiger partial charge on any atom is 1.00 e. The van der Waals surface area contributed by atoms with Crippen LogP contribution < -0.4 is 39.6 Å². The zero-order chi connectivity index (χ0) is 24.4. The van der Waals surface area contributed by atoms with Crippen molar-refractivity contribution in [2.24, 2.45) is 0 Å². The van der Waals surface area contributed by atoms with Gasteiger partial charge in [0.1, 0.15) is 11.0 Å². The fraction of sp³-hybridized carbons (Fsp3) is 0.185. The van der Waals surface area contributed by atoms with Gasteiger partial charge in [-0.2, -0.15) is 8.75 Å². The first-order valence-electron chi connectivity index (χ1n) is 10.8. The minimum atomic E-state index is -1.40. The van der Waals surface area contributed by atoms with E-state index in [0.717, 1.165) is 34.1 Å². The summed E-state index contributed by atoms with van der Waals surface area (Å²) in [5, 5.41) is 12.5. The second-order valence-corrected chi connectivity index (χ2v) is 9.01. The van der Waals surface area contributed by atoms with Crippen LogP contribution in [0.1, 0.15) is 32.6 Å². The third-order valence-electron chi connectivity index (χ3n) is 5.90. The number of anilines is 1. The van der Waals surface area contributed by atoms with Crippen molar-refractivity contribution < 1.29 is 44.3 Å². The first-order valence-corrected chi connectivity index (χ1v) is 11.5. The molecule has 0 aliphatic rings. The molecule has 0 atom stereocenters. The average molecular weight is 494 g/mol. The van der Waals surface area contributed by atoms with Crippen molar-refractivity contribution in [3.63, 3.8) is 0 Å². The summed E-state index contributed by atoms with van der Waals surface area (Å²) in [6.07, 6.45) is 0.143. The molecule has 8 heteroatoms. The molecule has 3 aromatic carbocycles. The van der Waals surface area contributed by atoms with Crippen LogP contribution in [-0.4, -0.2) is 34.6 Å². The topological polar surface area (TPSA) is 86.2 Å². The van der Waals surface area contributed by atoms with Crippen LogP contribution in [0.4, 0.5) is 5.69 Å². The number of carbonyl (C=O) groups is 2. The van der Waals surface area contributed by atoms with E-state index in [-0.39, 0.29) is 52.9 Å². The van der Waals surface area contributed by atoms with Crippen molar-refractivity contribution in [1.29, 1.82) is 0 Å². The monoisotopic (exact) mass is 493 g/mol. The molecule has 0 radical (unpaired) electrons. The predicted octanol–water partition coefficient (Wildman–Crippen LogP) is 1.01. The molecule has 0 N–H and O–H groups in total. The van der Waals surface area contributed by atoms with Crippen LogP contribution in [-0.2, 0) is 11.2 Å². The smallest absolute Gasteiger partial charge is 0.545 e. The van der Waals surface area contributed by atoms with E-state index in [1.54, 1.807) is 30.3 Å². The molecule has 0 amide bonds. The van der Waals surface area contributed by atoms with Crippen molar-refractivity contribution in [2.75, 3.05) is 19.0 Å². The molecular formula is C27H24N3NaO3S. The van der Waals surface area contributed by atoms with E-state index in [4.69, 9.17) is 0 Å². The van der Waals surface area contributed by atoms with Gasteiger partial charge in [0, 0.05) is 42.9 Å². The molecule has 0 fully saturated rings. The molecule has 0 bridgehead atoms. The first kappa shape index (κ1) is 26.8. The molecule has 0 aliphatic heterocycles. The summed E-state index contributed by atoms with van der Waals surface area (Å²) >= 11 is 1.05. The van der Waals surface area contributed by atoms with Gasteiger partial charge >= 0.3 is 29.6 Å². The summed E-state index contributed by atoms with van der Waals surface area (Å²) in [6, 6.07) is 18.1. The third-order valence-corrected chi connectivity index (χ3v) is 6.46. The van der Waals surface area contributed by atoms with Crippen molar-refractivity contribution in [3.05, 3.63) is 94.1 Å². The Balaban J connectivity index is 0.00000342. The molecule has 172 valence electrons. The largest absolute Gasteiger partial charge is 1.00 e. The minimum Gasteiger partial charge on any atom is -0.545 e. The Morgan fingerprint density at radius 2 is 1.60 bits per heavy atom. The van der Waals surface area contributed by atoms with Crippen LogP contribution in [0.25, 0.3) is 16.6 Å². The van der Waals surface area contributed by atoms with E-state index in [2.05, 4.69) is 8.75 Å². The number of carboxylic acid groups (broad SMARTS) is 1. The summed E-state index contributed by atoms with van der Waals surface area (Å²) in [7, 11) is 3.86. The molecule has 4 aromatic rings. The fourth-order valence-electron chi connectivity index (χ4n) is 3.84. The van der Waals surface area contributed by atoms with Crippen LogP contribution in [0.15, 0.2) is 66.2 Å². The van der Waals surface area contributed by atoms with Gasteiger partial charge in [-0.05, 0) is 66.4 Å². The maximum atomic E-state index is 13.8. The molecule has 0 saturated carbocycles. The second kappa shape index (κ2) is 11.3. The Morgan fingerprint density at radius 1 is 0.886 bits per heavy atom. The van der Waals surface area contributed by atoms with E-state index in [1.807, 2.05) is 63.2 Å². The zero-order valence-electron chi connectivity index (χ0n) is 20.5. The molecule has 0 spiro atoms. The average Bonchev–Trinajstić information content (AvgIpc) is 3.28. The van der Waals surface area contributed by atoms with Gasteiger partial charge in [0.15, 0.2) is 5.78 Å². The van der Waals surface area contributed by atoms with Gasteiger partial charge in [-0.1, -0.05) is 30.3 Å². The van der Waals surface area contributed by atoms with Crippen LogP contribution >= 0.6 is 11.7 Å². The Morgan fingerprint density at radius 3 is 2.29 bits per heavy atom. The third kappa shape index (κ3) is 5.87. The second-order valence-electron chi connectivity index (χ2n) is 8.48. The molecule has 6 nitrogen and oxygen atoms in total. The number of hydrogen-bond donors (Lipinski definition) is 0. The number of allylic oxidation sites excluding steroid dienone is 1. The van der Waals surface area contributed by atoms with Crippen molar-refractivity contribution in [1.82, 2.24) is 8.75 Å². The number of carbonyl (C=O) groups excluding carboxylic acids is 2. The summed E-state index contributed by atoms with van der Waals surface area (Å²) in [5.41, 5.74) is 5.91. The summed E-state index contributed by atoms with van der Waals surface area (Å²) in [6.45, 7) is 3.90. The number of fused-ring (bicyclic) bond motifs is 1. The normalized spacial score (nSPS) is 11.5. The summed E-state index contributed by atoms with van der Waals surface area (Å²) in [5.74, 6) is -1.74. The molecule has 0 unspecified atom stereocenters. The van der Waals surface area contributed by atoms with Crippen molar-refractivity contribution >= 4 is 45.8 Å². The molecule has 0 saturated heterocycles. The van der Waals surface area contributed by atoms with Crippen LogP contribution in [0.2, 0.25) is 0 Å². The van der Waals surface area contributed by atoms with Gasteiger partial charge in [0.2, 0.25) is 0 Å². The van der Waals surface area contributed by atoms with Crippen molar-refractivity contribution in [2.45, 2.75) is 20.3 Å². The molecule has 1 heterocycles. The van der Waals surface area contributed by atoms with Gasteiger partial charge in [0.25, 0.3) is 0 Å². The first-order chi connectivity index (χ1) is 16.2. The summed E-state index contributed by atoms with van der Waals surface area (Å²) < 4.78 is 8.41.